The lowest BCUT2D eigenvalue weighted by Gasteiger charge is -2.19. The lowest BCUT2D eigenvalue weighted by atomic mass is 10.2. The summed E-state index contributed by atoms with van der Waals surface area (Å²) in [6, 6.07) is 7.72. The van der Waals surface area contributed by atoms with Gasteiger partial charge in [-0.05, 0) is 57.1 Å². The van der Waals surface area contributed by atoms with Gasteiger partial charge in [-0.3, -0.25) is 0 Å². The van der Waals surface area contributed by atoms with Crippen LogP contribution in [0.2, 0.25) is 0 Å². The molecule has 4 N–H and O–H groups in total. The van der Waals surface area contributed by atoms with Crippen LogP contribution in [-0.2, 0) is 4.74 Å². The molecule has 0 saturated carbocycles. The number of nitrogens with one attached hydrogen (secondary N) is 2. The molecule has 0 aromatic heterocycles. The van der Waals surface area contributed by atoms with Crippen molar-refractivity contribution in [2.45, 2.75) is 32.8 Å². The average Bonchev–Trinajstić information content (AvgIpc) is 2.35. The van der Waals surface area contributed by atoms with Crippen LogP contribution in [0.15, 0.2) is 30.3 Å². The highest BCUT2D eigenvalue weighted by Gasteiger charge is 2.15. The van der Waals surface area contributed by atoms with Crippen molar-refractivity contribution >= 4 is 35.2 Å². The summed E-state index contributed by atoms with van der Waals surface area (Å²) < 4.78 is 5.15. The first-order valence-electron chi connectivity index (χ1n) is 7.06. The highest BCUT2D eigenvalue weighted by Crippen LogP contribution is 2.12. The Kier molecular flexibility index (Phi) is 6.85. The third kappa shape index (κ3) is 8.26. The Balaban J connectivity index is 2.37. The monoisotopic (exact) mass is 321 g/mol. The molecular formula is C16H23N3O2S. The van der Waals surface area contributed by atoms with Gasteiger partial charge in [0, 0.05) is 12.2 Å². The number of anilines is 1. The van der Waals surface area contributed by atoms with E-state index in [1.54, 1.807) is 0 Å². The molecule has 5 nitrogen and oxygen atoms in total. The van der Waals surface area contributed by atoms with Crippen LogP contribution in [0.3, 0.4) is 0 Å². The number of thiocarbonyl (C=S) groups is 1. The third-order valence-corrected chi connectivity index (χ3v) is 2.55. The number of ether oxygens (including phenoxy) is 1. The summed E-state index contributed by atoms with van der Waals surface area (Å²) in [7, 11) is 0. The average molecular weight is 321 g/mol. The third-order valence-electron chi connectivity index (χ3n) is 2.44. The van der Waals surface area contributed by atoms with Crippen LogP contribution >= 0.6 is 12.2 Å². The van der Waals surface area contributed by atoms with Crippen LogP contribution in [0, 0.1) is 0 Å². The first-order chi connectivity index (χ1) is 10.3. The molecule has 1 aromatic rings. The minimum absolute atomic E-state index is 0.239. The van der Waals surface area contributed by atoms with Gasteiger partial charge in [0.05, 0.1) is 0 Å². The van der Waals surface area contributed by atoms with Gasteiger partial charge in [-0.2, -0.15) is 0 Å². The van der Waals surface area contributed by atoms with Crippen molar-refractivity contribution in [2.24, 2.45) is 5.73 Å². The van der Waals surface area contributed by atoms with Crippen LogP contribution < -0.4 is 16.4 Å². The van der Waals surface area contributed by atoms with E-state index < -0.39 is 11.7 Å². The van der Waals surface area contributed by atoms with Gasteiger partial charge in [-0.25, -0.2) is 4.79 Å². The number of amides is 1. The molecule has 22 heavy (non-hydrogen) atoms. The van der Waals surface area contributed by atoms with Gasteiger partial charge in [0.15, 0.2) is 5.11 Å². The van der Waals surface area contributed by atoms with Crippen molar-refractivity contribution in [3.8, 4) is 0 Å². The van der Waals surface area contributed by atoms with E-state index in [0.29, 0.717) is 13.0 Å². The number of alkyl carbamates (subject to hydrolysis) is 1. The molecule has 0 aliphatic rings. The molecular weight excluding hydrogens is 298 g/mol. The Morgan fingerprint density at radius 3 is 2.77 bits per heavy atom. The molecule has 1 amide bonds. The number of carbonyl (C=O) groups is 1. The molecule has 0 radical (unpaired) electrons. The van der Waals surface area contributed by atoms with Crippen molar-refractivity contribution in [1.82, 2.24) is 5.32 Å². The van der Waals surface area contributed by atoms with Gasteiger partial charge < -0.3 is 21.1 Å². The second-order valence-electron chi connectivity index (χ2n) is 5.73. The Morgan fingerprint density at radius 1 is 1.41 bits per heavy atom. The molecule has 0 fully saturated rings. The summed E-state index contributed by atoms with van der Waals surface area (Å²) >= 11 is 4.80. The summed E-state index contributed by atoms with van der Waals surface area (Å²) in [6.45, 7) is 6.03. The number of hydrogen-bond donors (Lipinski definition) is 3. The van der Waals surface area contributed by atoms with Crippen molar-refractivity contribution < 1.29 is 9.53 Å². The lowest BCUT2D eigenvalue weighted by Crippen LogP contribution is -2.32. The van der Waals surface area contributed by atoms with Crippen molar-refractivity contribution in [1.29, 1.82) is 0 Å². The molecule has 0 aliphatic carbocycles. The van der Waals surface area contributed by atoms with Crippen LogP contribution in [0.5, 0.6) is 0 Å². The number of carbonyl (C=O) groups excluding carboxylic acids is 1. The van der Waals surface area contributed by atoms with E-state index in [4.69, 9.17) is 22.7 Å². The van der Waals surface area contributed by atoms with E-state index in [2.05, 4.69) is 10.6 Å². The molecule has 0 aliphatic heterocycles. The fourth-order valence-electron chi connectivity index (χ4n) is 1.65. The predicted molar refractivity (Wildman–Crippen MR) is 94.7 cm³/mol. The van der Waals surface area contributed by atoms with E-state index in [0.717, 1.165) is 11.3 Å². The molecule has 6 heteroatoms. The molecule has 0 spiro atoms. The lowest BCUT2D eigenvalue weighted by molar-refractivity contribution is 0.0529. The predicted octanol–water partition coefficient (Wildman–Crippen LogP) is 3.27. The first kappa shape index (κ1) is 18.0. The number of nitrogens with two attached hydrogens (primary N) is 1. The second-order valence-corrected chi connectivity index (χ2v) is 6.17. The highest BCUT2D eigenvalue weighted by molar-refractivity contribution is 7.80. The standard InChI is InChI=1S/C16H23N3O2S/c1-16(2,3)21-15(20)18-10-5-4-7-12-8-6-9-13(11-12)19-14(17)22/h4,6-9,11H,5,10H2,1-3H3,(H,18,20)(H3,17,19,22). The maximum Gasteiger partial charge on any atom is 0.407 e. The zero-order valence-electron chi connectivity index (χ0n) is 13.2. The normalized spacial score (nSPS) is 11.2. The van der Waals surface area contributed by atoms with Gasteiger partial charge in [-0.15, -0.1) is 0 Å². The van der Waals surface area contributed by atoms with E-state index in [1.165, 1.54) is 0 Å². The van der Waals surface area contributed by atoms with Gasteiger partial charge >= 0.3 is 6.09 Å². The number of benzene rings is 1. The van der Waals surface area contributed by atoms with Gasteiger partial charge in [-0.1, -0.05) is 24.3 Å². The van der Waals surface area contributed by atoms with E-state index >= 15 is 0 Å². The zero-order valence-corrected chi connectivity index (χ0v) is 14.0. The Morgan fingerprint density at radius 2 is 2.14 bits per heavy atom. The van der Waals surface area contributed by atoms with E-state index in [1.807, 2.05) is 57.2 Å². The zero-order chi connectivity index (χ0) is 16.6. The fraction of sp³-hybridized carbons (Fsp3) is 0.375. The molecule has 0 heterocycles. The minimum atomic E-state index is -0.475. The summed E-state index contributed by atoms with van der Waals surface area (Å²) in [5, 5.41) is 5.83. The summed E-state index contributed by atoms with van der Waals surface area (Å²) in [5.74, 6) is 0. The molecule has 0 bridgehead atoms. The quantitative estimate of drug-likeness (QED) is 0.573. The SMILES string of the molecule is CC(C)(C)OC(=O)NCCC=Cc1cccc(NC(N)=S)c1. The number of rotatable bonds is 5. The van der Waals surface area contributed by atoms with Crippen LogP contribution in [0.4, 0.5) is 10.5 Å². The van der Waals surface area contributed by atoms with Gasteiger partial charge in [0.1, 0.15) is 5.60 Å². The molecule has 0 unspecified atom stereocenters. The Hall–Kier alpha value is -2.08. The van der Waals surface area contributed by atoms with Crippen LogP contribution in [-0.4, -0.2) is 23.4 Å². The highest BCUT2D eigenvalue weighted by atomic mass is 32.1. The molecule has 1 aromatic carbocycles. The van der Waals surface area contributed by atoms with Crippen molar-refractivity contribution in [3.05, 3.63) is 35.9 Å². The first-order valence-corrected chi connectivity index (χ1v) is 7.47. The largest absolute Gasteiger partial charge is 0.444 e. The Bertz CT molecular complexity index is 551. The smallest absolute Gasteiger partial charge is 0.407 e. The maximum atomic E-state index is 11.4. The maximum absolute atomic E-state index is 11.4. The topological polar surface area (TPSA) is 76.4 Å². The van der Waals surface area contributed by atoms with Gasteiger partial charge in [0.25, 0.3) is 0 Å². The molecule has 120 valence electrons. The van der Waals surface area contributed by atoms with Crippen LogP contribution in [0.25, 0.3) is 6.08 Å². The van der Waals surface area contributed by atoms with Crippen molar-refractivity contribution in [2.75, 3.05) is 11.9 Å². The molecule has 0 saturated heterocycles. The fourth-order valence-corrected chi connectivity index (χ4v) is 1.77. The van der Waals surface area contributed by atoms with Crippen LogP contribution in [0.1, 0.15) is 32.8 Å². The summed E-state index contributed by atoms with van der Waals surface area (Å²) in [5.41, 5.74) is 6.84. The molecule has 1 rings (SSSR count). The van der Waals surface area contributed by atoms with E-state index in [-0.39, 0.29) is 5.11 Å². The van der Waals surface area contributed by atoms with E-state index in [9.17, 15) is 4.79 Å². The molecule has 0 atom stereocenters. The van der Waals surface area contributed by atoms with Gasteiger partial charge in [0.2, 0.25) is 0 Å². The van der Waals surface area contributed by atoms with Crippen molar-refractivity contribution in [3.63, 3.8) is 0 Å². The second kappa shape index (κ2) is 8.38. The summed E-state index contributed by atoms with van der Waals surface area (Å²) in [6.07, 6.45) is 4.27. The summed E-state index contributed by atoms with van der Waals surface area (Å²) in [4.78, 5) is 11.4. The number of hydrogen-bond acceptors (Lipinski definition) is 3. The Labute approximate surface area is 136 Å². The minimum Gasteiger partial charge on any atom is -0.444 e.